The highest BCUT2D eigenvalue weighted by atomic mass is 32.2. The van der Waals surface area contributed by atoms with Gasteiger partial charge >= 0.3 is 0 Å². The minimum Gasteiger partial charge on any atom is -0.339 e. The molecule has 2 atom stereocenters. The van der Waals surface area contributed by atoms with Gasteiger partial charge in [0.25, 0.3) is 5.91 Å². The maximum Gasteiger partial charge on any atom is 0.254 e. The Balaban J connectivity index is 1.54. The molecule has 2 aromatic rings. The van der Waals surface area contributed by atoms with Crippen LogP contribution in [0.4, 0.5) is 0 Å². The fourth-order valence-electron chi connectivity index (χ4n) is 3.11. The lowest BCUT2D eigenvalue weighted by Gasteiger charge is -2.22. The normalized spacial score (nSPS) is 21.9. The molecule has 1 aromatic carbocycles. The van der Waals surface area contributed by atoms with Crippen molar-refractivity contribution in [3.05, 3.63) is 41.5 Å². The summed E-state index contributed by atoms with van der Waals surface area (Å²) in [5, 5.41) is 4.10. The van der Waals surface area contributed by atoms with E-state index >= 15 is 0 Å². The van der Waals surface area contributed by atoms with E-state index in [9.17, 15) is 9.00 Å². The van der Waals surface area contributed by atoms with Crippen molar-refractivity contribution in [2.45, 2.75) is 42.5 Å². The first-order valence-electron chi connectivity index (χ1n) is 8.21. The van der Waals surface area contributed by atoms with E-state index in [4.69, 9.17) is 4.52 Å². The van der Waals surface area contributed by atoms with Crippen LogP contribution in [-0.2, 0) is 10.8 Å². The van der Waals surface area contributed by atoms with Gasteiger partial charge in [0.1, 0.15) is 0 Å². The van der Waals surface area contributed by atoms with Crippen molar-refractivity contribution in [1.29, 1.82) is 0 Å². The van der Waals surface area contributed by atoms with E-state index in [1.54, 1.807) is 30.5 Å². The van der Waals surface area contributed by atoms with Crippen LogP contribution in [0.3, 0.4) is 0 Å². The lowest BCUT2D eigenvalue weighted by molar-refractivity contribution is 0.0728. The molecule has 1 aliphatic heterocycles. The fraction of sp³-hybridized carbons (Fsp3) is 0.471. The number of benzene rings is 1. The van der Waals surface area contributed by atoms with Crippen LogP contribution in [-0.4, -0.2) is 38.0 Å². The van der Waals surface area contributed by atoms with E-state index in [0.29, 0.717) is 29.7 Å². The number of carbonyl (C=O) groups is 1. The Morgan fingerprint density at radius 2 is 2.00 bits per heavy atom. The summed E-state index contributed by atoms with van der Waals surface area (Å²) in [6.07, 6.45) is 5.63. The van der Waals surface area contributed by atoms with Crippen molar-refractivity contribution in [2.75, 3.05) is 12.8 Å². The van der Waals surface area contributed by atoms with E-state index in [0.717, 1.165) is 30.6 Å². The van der Waals surface area contributed by atoms with Crippen LogP contribution in [0.2, 0.25) is 0 Å². The second kappa shape index (κ2) is 6.12. The molecule has 4 rings (SSSR count). The van der Waals surface area contributed by atoms with Crippen molar-refractivity contribution >= 4 is 16.7 Å². The van der Waals surface area contributed by atoms with Gasteiger partial charge in [-0.25, -0.2) is 0 Å². The van der Waals surface area contributed by atoms with Crippen LogP contribution in [0.15, 0.2) is 33.7 Å². The highest BCUT2D eigenvalue weighted by Crippen LogP contribution is 2.40. The summed E-state index contributed by atoms with van der Waals surface area (Å²) in [4.78, 5) is 19.9. The van der Waals surface area contributed by atoms with Gasteiger partial charge in [-0.15, -0.1) is 0 Å². The number of aromatic nitrogens is 2. The quantitative estimate of drug-likeness (QED) is 0.851. The van der Waals surface area contributed by atoms with Crippen LogP contribution in [0.1, 0.15) is 59.7 Å². The Morgan fingerprint density at radius 3 is 2.67 bits per heavy atom. The maximum absolute atomic E-state index is 12.8. The van der Waals surface area contributed by atoms with Crippen molar-refractivity contribution < 1.29 is 13.5 Å². The molecule has 1 saturated heterocycles. The molecule has 1 amide bonds. The minimum absolute atomic E-state index is 0.0382. The van der Waals surface area contributed by atoms with Gasteiger partial charge in [0.2, 0.25) is 5.89 Å². The van der Waals surface area contributed by atoms with Crippen LogP contribution >= 0.6 is 0 Å². The van der Waals surface area contributed by atoms with Gasteiger partial charge in [-0.2, -0.15) is 4.98 Å². The summed E-state index contributed by atoms with van der Waals surface area (Å²) in [6, 6.07) is 6.84. The van der Waals surface area contributed by atoms with Crippen molar-refractivity contribution in [3.8, 4) is 0 Å². The molecule has 2 heterocycles. The summed E-state index contributed by atoms with van der Waals surface area (Å²) in [5.74, 6) is 1.70. The SMILES string of the molecule is C[S@@](=O)c1ccc(C(=O)N2CCC[C@@H]2c2noc(C3CC3)n2)cc1. The number of likely N-dealkylation sites (tertiary alicyclic amines) is 1. The third-order valence-corrected chi connectivity index (χ3v) is 5.56. The van der Waals surface area contributed by atoms with Gasteiger partial charge in [0.05, 0.1) is 6.04 Å². The molecule has 0 radical (unpaired) electrons. The molecule has 0 unspecified atom stereocenters. The summed E-state index contributed by atoms with van der Waals surface area (Å²) in [5.41, 5.74) is 0.599. The van der Waals surface area contributed by atoms with Crippen molar-refractivity contribution in [3.63, 3.8) is 0 Å². The zero-order valence-electron chi connectivity index (χ0n) is 13.5. The van der Waals surface area contributed by atoms with Crippen LogP contribution in [0.5, 0.6) is 0 Å². The monoisotopic (exact) mass is 345 g/mol. The van der Waals surface area contributed by atoms with Gasteiger partial charge in [-0.1, -0.05) is 5.16 Å². The highest BCUT2D eigenvalue weighted by Gasteiger charge is 2.36. The largest absolute Gasteiger partial charge is 0.339 e. The first-order chi connectivity index (χ1) is 11.6. The Morgan fingerprint density at radius 1 is 1.25 bits per heavy atom. The van der Waals surface area contributed by atoms with Crippen LogP contribution in [0, 0.1) is 0 Å². The third-order valence-electron chi connectivity index (χ3n) is 4.63. The Kier molecular flexibility index (Phi) is 3.96. The van der Waals surface area contributed by atoms with Gasteiger partial charge in [-0.3, -0.25) is 9.00 Å². The average Bonchev–Trinajstić information content (AvgIpc) is 3.12. The zero-order chi connectivity index (χ0) is 16.7. The molecule has 0 bridgehead atoms. The van der Waals surface area contributed by atoms with Gasteiger partial charge in [0.15, 0.2) is 5.82 Å². The molecule has 24 heavy (non-hydrogen) atoms. The van der Waals surface area contributed by atoms with Crippen LogP contribution < -0.4 is 0 Å². The Hall–Kier alpha value is -2.02. The number of rotatable bonds is 4. The fourth-order valence-corrected chi connectivity index (χ4v) is 3.63. The van der Waals surface area contributed by atoms with Gasteiger partial charge < -0.3 is 9.42 Å². The second-order valence-electron chi connectivity index (χ2n) is 6.40. The predicted octanol–water partition coefficient (Wildman–Crippen LogP) is 2.66. The molecular weight excluding hydrogens is 326 g/mol. The van der Waals surface area contributed by atoms with Crippen LogP contribution in [0.25, 0.3) is 0 Å². The van der Waals surface area contributed by atoms with Crippen molar-refractivity contribution in [1.82, 2.24) is 15.0 Å². The van der Waals surface area contributed by atoms with E-state index in [1.807, 2.05) is 4.90 Å². The standard InChI is InChI=1S/C17H19N3O3S/c1-24(22)13-8-6-12(7-9-13)17(21)20-10-2-3-14(20)15-18-16(23-19-15)11-4-5-11/h6-9,11,14H,2-5,10H2,1H3/t14-,24-/m1/s1. The average molecular weight is 345 g/mol. The lowest BCUT2D eigenvalue weighted by atomic mass is 10.1. The minimum atomic E-state index is -1.04. The summed E-state index contributed by atoms with van der Waals surface area (Å²) >= 11 is 0. The smallest absolute Gasteiger partial charge is 0.254 e. The molecular formula is C17H19N3O3S. The molecule has 1 aliphatic carbocycles. The lowest BCUT2D eigenvalue weighted by Crippen LogP contribution is -2.31. The molecule has 1 saturated carbocycles. The summed E-state index contributed by atoms with van der Waals surface area (Å²) in [6.45, 7) is 0.693. The number of hydrogen-bond acceptors (Lipinski definition) is 5. The first-order valence-corrected chi connectivity index (χ1v) is 9.77. The number of hydrogen-bond donors (Lipinski definition) is 0. The predicted molar refractivity (Wildman–Crippen MR) is 88.1 cm³/mol. The zero-order valence-corrected chi connectivity index (χ0v) is 14.3. The van der Waals surface area contributed by atoms with E-state index in [2.05, 4.69) is 10.1 Å². The first kappa shape index (κ1) is 15.5. The molecule has 2 aliphatic rings. The molecule has 0 spiro atoms. The van der Waals surface area contributed by atoms with Crippen molar-refractivity contribution in [2.24, 2.45) is 0 Å². The Labute approximate surface area is 142 Å². The number of carbonyl (C=O) groups excluding carboxylic acids is 1. The molecule has 2 fully saturated rings. The van der Waals surface area contributed by atoms with E-state index in [-0.39, 0.29) is 11.9 Å². The highest BCUT2D eigenvalue weighted by molar-refractivity contribution is 7.84. The third kappa shape index (κ3) is 2.88. The van der Waals surface area contributed by atoms with E-state index < -0.39 is 10.8 Å². The topological polar surface area (TPSA) is 76.3 Å². The maximum atomic E-state index is 12.8. The molecule has 126 valence electrons. The number of amides is 1. The van der Waals surface area contributed by atoms with Gasteiger partial charge in [-0.05, 0) is 49.9 Å². The van der Waals surface area contributed by atoms with E-state index in [1.165, 1.54) is 0 Å². The van der Waals surface area contributed by atoms with Gasteiger partial charge in [0, 0.05) is 40.0 Å². The molecule has 1 aromatic heterocycles. The molecule has 7 heteroatoms. The molecule has 0 N–H and O–H groups in total. The number of nitrogens with zero attached hydrogens (tertiary/aromatic N) is 3. The second-order valence-corrected chi connectivity index (χ2v) is 7.78. The summed E-state index contributed by atoms with van der Waals surface area (Å²) < 4.78 is 16.8. The summed E-state index contributed by atoms with van der Waals surface area (Å²) in [7, 11) is -1.04. The Bertz CT molecular complexity index is 783. The molecule has 6 nitrogen and oxygen atoms in total.